The van der Waals surface area contributed by atoms with E-state index >= 15 is 0 Å². The second-order valence-corrected chi connectivity index (χ2v) is 6.31. The molecule has 0 saturated carbocycles. The van der Waals surface area contributed by atoms with Crippen LogP contribution < -0.4 is 31.0 Å². The number of ether oxygens (including phenoxy) is 2. The van der Waals surface area contributed by atoms with Crippen LogP contribution in [0.5, 0.6) is 11.5 Å². The fourth-order valence-electron chi connectivity index (χ4n) is 2.24. The van der Waals surface area contributed by atoms with Crippen molar-refractivity contribution in [2.24, 2.45) is 0 Å². The maximum atomic E-state index is 11.9. The Morgan fingerprint density at radius 3 is 2.17 bits per heavy atom. The number of carbonyl (C=O) groups is 3. The predicted octanol–water partition coefficient (Wildman–Crippen LogP) is 1.51. The zero-order valence-electron chi connectivity index (χ0n) is 16.3. The second-order valence-electron chi connectivity index (χ2n) is 5.90. The molecule has 0 fully saturated rings. The van der Waals surface area contributed by atoms with E-state index in [1.54, 1.807) is 48.5 Å². The van der Waals surface area contributed by atoms with Crippen molar-refractivity contribution in [1.82, 2.24) is 16.2 Å². The Kier molecular flexibility index (Phi) is 9.07. The molecule has 2 rings (SSSR count). The van der Waals surface area contributed by atoms with Gasteiger partial charge in [-0.05, 0) is 36.5 Å². The van der Waals surface area contributed by atoms with Crippen LogP contribution in [-0.2, 0) is 14.4 Å². The Balaban J connectivity index is 1.63. The molecule has 158 valence electrons. The van der Waals surface area contributed by atoms with Crippen molar-refractivity contribution in [3.05, 3.63) is 54.6 Å². The molecule has 3 amide bonds. The van der Waals surface area contributed by atoms with Gasteiger partial charge in [-0.1, -0.05) is 30.3 Å². The number of hydrazine groups is 1. The highest BCUT2D eigenvalue weighted by Crippen LogP contribution is 2.25. The number of rotatable bonds is 8. The van der Waals surface area contributed by atoms with E-state index in [2.05, 4.69) is 21.5 Å². The number of benzene rings is 2. The molecule has 4 N–H and O–H groups in total. The first-order valence-electron chi connectivity index (χ1n) is 8.97. The van der Waals surface area contributed by atoms with E-state index in [1.165, 1.54) is 7.11 Å². The molecule has 0 unspecified atom stereocenters. The molecule has 0 aliphatic heterocycles. The van der Waals surface area contributed by atoms with Gasteiger partial charge in [-0.2, -0.15) is 0 Å². The third-order valence-electron chi connectivity index (χ3n) is 3.63. The van der Waals surface area contributed by atoms with Gasteiger partial charge in [0.25, 0.3) is 5.91 Å². The van der Waals surface area contributed by atoms with E-state index in [1.807, 2.05) is 6.07 Å². The Morgan fingerprint density at radius 1 is 0.833 bits per heavy atom. The Bertz CT molecular complexity index is 892. The number of hydrogen-bond acceptors (Lipinski definition) is 6. The first-order chi connectivity index (χ1) is 14.5. The highest BCUT2D eigenvalue weighted by atomic mass is 32.1. The SMILES string of the molecule is COc1ccccc1OCC(=O)NC(=S)NNC(=O)CCC(=O)Nc1ccccc1. The normalized spacial score (nSPS) is 9.77. The van der Waals surface area contributed by atoms with Gasteiger partial charge in [0, 0.05) is 18.5 Å². The van der Waals surface area contributed by atoms with Gasteiger partial charge in [-0.25, -0.2) is 0 Å². The summed E-state index contributed by atoms with van der Waals surface area (Å²) in [5.41, 5.74) is 5.36. The first kappa shape index (κ1) is 22.6. The minimum Gasteiger partial charge on any atom is -0.493 e. The molecule has 2 aromatic carbocycles. The smallest absolute Gasteiger partial charge is 0.264 e. The van der Waals surface area contributed by atoms with Crippen molar-refractivity contribution >= 4 is 40.7 Å². The van der Waals surface area contributed by atoms with E-state index in [0.29, 0.717) is 17.2 Å². The lowest BCUT2D eigenvalue weighted by Crippen LogP contribution is -2.49. The topological polar surface area (TPSA) is 118 Å². The zero-order valence-corrected chi connectivity index (χ0v) is 17.1. The first-order valence-corrected chi connectivity index (χ1v) is 9.38. The quantitative estimate of drug-likeness (QED) is 0.370. The van der Waals surface area contributed by atoms with Crippen molar-refractivity contribution in [3.63, 3.8) is 0 Å². The summed E-state index contributed by atoms with van der Waals surface area (Å²) in [6.45, 7) is -0.296. The van der Waals surface area contributed by atoms with Crippen molar-refractivity contribution < 1.29 is 23.9 Å². The minimum absolute atomic E-state index is 0.00568. The van der Waals surface area contributed by atoms with Gasteiger partial charge in [0.1, 0.15) is 0 Å². The van der Waals surface area contributed by atoms with Gasteiger partial charge in [0.15, 0.2) is 23.2 Å². The van der Waals surface area contributed by atoms with Crippen molar-refractivity contribution in [3.8, 4) is 11.5 Å². The third-order valence-corrected chi connectivity index (χ3v) is 3.84. The molecule has 0 radical (unpaired) electrons. The Labute approximate surface area is 179 Å². The molecular formula is C20H22N4O5S. The van der Waals surface area contributed by atoms with Crippen molar-refractivity contribution in [1.29, 1.82) is 0 Å². The second kappa shape index (κ2) is 12.0. The number of nitrogens with one attached hydrogen (secondary N) is 4. The maximum Gasteiger partial charge on any atom is 0.264 e. The molecule has 0 saturated heterocycles. The summed E-state index contributed by atoms with van der Waals surface area (Å²) >= 11 is 4.93. The number of thiocarbonyl (C=S) groups is 1. The van der Waals surface area contributed by atoms with Crippen LogP contribution in [0.2, 0.25) is 0 Å². The molecule has 2 aromatic rings. The van der Waals surface area contributed by atoms with Gasteiger partial charge in [0.2, 0.25) is 11.8 Å². The fourth-order valence-corrected chi connectivity index (χ4v) is 2.40. The van der Waals surface area contributed by atoms with Crippen molar-refractivity contribution in [2.75, 3.05) is 19.0 Å². The number of methoxy groups -OCH3 is 1. The van der Waals surface area contributed by atoms with Crippen LogP contribution in [0.25, 0.3) is 0 Å². The van der Waals surface area contributed by atoms with Gasteiger partial charge in [-0.15, -0.1) is 0 Å². The Morgan fingerprint density at radius 2 is 1.47 bits per heavy atom. The number of amides is 3. The average Bonchev–Trinajstić information content (AvgIpc) is 2.75. The fraction of sp³-hybridized carbons (Fsp3) is 0.200. The van der Waals surface area contributed by atoms with Crippen LogP contribution in [0.1, 0.15) is 12.8 Å². The van der Waals surface area contributed by atoms with Gasteiger partial charge < -0.3 is 14.8 Å². The summed E-state index contributed by atoms with van der Waals surface area (Å²) in [7, 11) is 1.50. The number of carbonyl (C=O) groups excluding carboxylic acids is 3. The summed E-state index contributed by atoms with van der Waals surface area (Å²) < 4.78 is 10.5. The average molecular weight is 430 g/mol. The number of anilines is 1. The van der Waals surface area contributed by atoms with Gasteiger partial charge in [0.05, 0.1) is 7.11 Å². The molecule has 9 nitrogen and oxygen atoms in total. The Hall–Kier alpha value is -3.66. The van der Waals surface area contributed by atoms with Crippen LogP contribution in [0.15, 0.2) is 54.6 Å². The molecular weight excluding hydrogens is 408 g/mol. The lowest BCUT2D eigenvalue weighted by molar-refractivity contribution is -0.125. The van der Waals surface area contributed by atoms with Gasteiger partial charge in [-0.3, -0.25) is 30.6 Å². The monoisotopic (exact) mass is 430 g/mol. The number of para-hydroxylation sites is 3. The predicted molar refractivity (Wildman–Crippen MR) is 115 cm³/mol. The third kappa shape index (κ3) is 8.15. The molecule has 0 aliphatic rings. The van der Waals surface area contributed by atoms with Crippen LogP contribution in [0.4, 0.5) is 5.69 Å². The molecule has 30 heavy (non-hydrogen) atoms. The summed E-state index contributed by atoms with van der Waals surface area (Å²) in [6.07, 6.45) is -0.0621. The highest BCUT2D eigenvalue weighted by molar-refractivity contribution is 7.80. The van der Waals surface area contributed by atoms with E-state index < -0.39 is 11.8 Å². The lowest BCUT2D eigenvalue weighted by atomic mass is 10.2. The molecule has 0 bridgehead atoms. The van der Waals surface area contributed by atoms with E-state index in [-0.39, 0.29) is 30.5 Å². The van der Waals surface area contributed by atoms with Crippen LogP contribution in [0, 0.1) is 0 Å². The molecule has 0 aromatic heterocycles. The van der Waals surface area contributed by atoms with Crippen LogP contribution in [0.3, 0.4) is 0 Å². The molecule has 0 atom stereocenters. The number of hydrogen-bond donors (Lipinski definition) is 4. The summed E-state index contributed by atoms with van der Waals surface area (Å²) in [5.74, 6) is -0.360. The van der Waals surface area contributed by atoms with E-state index in [9.17, 15) is 14.4 Å². The molecule has 10 heteroatoms. The molecule has 0 spiro atoms. The summed E-state index contributed by atoms with van der Waals surface area (Å²) in [6, 6.07) is 15.8. The zero-order chi connectivity index (χ0) is 21.8. The van der Waals surface area contributed by atoms with Crippen LogP contribution >= 0.6 is 12.2 Å². The molecule has 0 aliphatic carbocycles. The van der Waals surface area contributed by atoms with Crippen LogP contribution in [-0.4, -0.2) is 36.6 Å². The minimum atomic E-state index is -0.519. The summed E-state index contributed by atoms with van der Waals surface area (Å²) in [4.78, 5) is 35.5. The van der Waals surface area contributed by atoms with Crippen molar-refractivity contribution in [2.45, 2.75) is 12.8 Å². The highest BCUT2D eigenvalue weighted by Gasteiger charge is 2.10. The van der Waals surface area contributed by atoms with E-state index in [0.717, 1.165) is 0 Å². The summed E-state index contributed by atoms with van der Waals surface area (Å²) in [5, 5.41) is 4.94. The van der Waals surface area contributed by atoms with E-state index in [4.69, 9.17) is 21.7 Å². The standard InChI is InChI=1S/C20H22N4O5S/c1-28-15-9-5-6-10-16(15)29-13-19(27)22-20(30)24-23-18(26)12-11-17(25)21-14-7-3-2-4-8-14/h2-10H,11-13H2,1H3,(H,21,25)(H,23,26)(H2,22,24,27,30). The maximum absolute atomic E-state index is 11.9. The lowest BCUT2D eigenvalue weighted by Gasteiger charge is -2.12. The largest absolute Gasteiger partial charge is 0.493 e. The van der Waals surface area contributed by atoms with Gasteiger partial charge >= 0.3 is 0 Å². The molecule has 0 heterocycles.